The Morgan fingerprint density at radius 3 is 2.83 bits per heavy atom. The quantitative estimate of drug-likeness (QED) is 0.879. The fraction of sp³-hybridized carbons (Fsp3) is 0.267. The average Bonchev–Trinajstić information content (AvgIpc) is 2.85. The molecular weight excluding hydrogens is 227 g/mol. The van der Waals surface area contributed by atoms with Gasteiger partial charge in [0.25, 0.3) is 0 Å². The first-order chi connectivity index (χ1) is 8.75. The molecule has 1 atom stereocenters. The number of aryl methyl sites for hydroxylation is 2. The van der Waals surface area contributed by atoms with Crippen LogP contribution in [0.15, 0.2) is 36.7 Å². The van der Waals surface area contributed by atoms with Crippen LogP contribution in [-0.4, -0.2) is 4.98 Å². The van der Waals surface area contributed by atoms with Gasteiger partial charge in [-0.25, -0.2) is 4.39 Å². The maximum atomic E-state index is 13.7. The van der Waals surface area contributed by atoms with Crippen LogP contribution in [0.1, 0.15) is 34.7 Å². The van der Waals surface area contributed by atoms with Crippen molar-refractivity contribution >= 4 is 0 Å². The number of halogens is 1. The van der Waals surface area contributed by atoms with Gasteiger partial charge in [0.05, 0.1) is 12.2 Å². The van der Waals surface area contributed by atoms with Gasteiger partial charge in [-0.3, -0.25) is 4.98 Å². The third-order valence-corrected chi connectivity index (χ3v) is 3.62. The first kappa shape index (κ1) is 11.4. The zero-order chi connectivity index (χ0) is 12.5. The van der Waals surface area contributed by atoms with E-state index < -0.39 is 6.04 Å². The van der Waals surface area contributed by atoms with Crippen molar-refractivity contribution in [3.05, 3.63) is 64.7 Å². The molecule has 2 aromatic rings. The molecule has 0 radical (unpaired) electrons. The van der Waals surface area contributed by atoms with E-state index in [9.17, 15) is 4.39 Å². The van der Waals surface area contributed by atoms with Crippen molar-refractivity contribution < 1.29 is 4.39 Å². The molecule has 1 aliphatic rings. The smallest absolute Gasteiger partial charge is 0.146 e. The molecule has 0 saturated carbocycles. The van der Waals surface area contributed by atoms with Gasteiger partial charge in [0, 0.05) is 11.8 Å². The first-order valence-electron chi connectivity index (χ1n) is 6.22. The van der Waals surface area contributed by atoms with Gasteiger partial charge in [0.15, 0.2) is 0 Å². The molecule has 1 aromatic heterocycles. The highest BCUT2D eigenvalue weighted by Gasteiger charge is 2.17. The van der Waals surface area contributed by atoms with Crippen LogP contribution in [0.25, 0.3) is 0 Å². The van der Waals surface area contributed by atoms with Crippen molar-refractivity contribution in [2.24, 2.45) is 5.73 Å². The van der Waals surface area contributed by atoms with Crippen LogP contribution in [-0.2, 0) is 12.8 Å². The van der Waals surface area contributed by atoms with E-state index >= 15 is 0 Å². The summed E-state index contributed by atoms with van der Waals surface area (Å²) >= 11 is 0. The van der Waals surface area contributed by atoms with Gasteiger partial charge in [0.1, 0.15) is 5.82 Å². The molecule has 3 heteroatoms. The monoisotopic (exact) mass is 242 g/mol. The summed E-state index contributed by atoms with van der Waals surface area (Å²) in [5.41, 5.74) is 10.4. The Kier molecular flexibility index (Phi) is 2.84. The minimum absolute atomic E-state index is 0.342. The highest BCUT2D eigenvalue weighted by Crippen LogP contribution is 2.27. The second-order valence-electron chi connectivity index (χ2n) is 4.76. The highest BCUT2D eigenvalue weighted by atomic mass is 19.1. The summed E-state index contributed by atoms with van der Waals surface area (Å²) < 4.78 is 13.7. The number of hydrogen-bond donors (Lipinski definition) is 1. The Hall–Kier alpha value is -1.74. The van der Waals surface area contributed by atoms with Gasteiger partial charge < -0.3 is 5.73 Å². The van der Waals surface area contributed by atoms with Gasteiger partial charge in [0.2, 0.25) is 0 Å². The molecule has 0 saturated heterocycles. The van der Waals surface area contributed by atoms with Crippen LogP contribution < -0.4 is 5.73 Å². The topological polar surface area (TPSA) is 38.9 Å². The molecule has 1 heterocycles. The first-order valence-corrected chi connectivity index (χ1v) is 6.22. The normalized spacial score (nSPS) is 15.4. The van der Waals surface area contributed by atoms with Crippen molar-refractivity contribution in [2.45, 2.75) is 25.3 Å². The summed E-state index contributed by atoms with van der Waals surface area (Å²) in [4.78, 5) is 3.75. The van der Waals surface area contributed by atoms with Gasteiger partial charge in [-0.15, -0.1) is 0 Å². The SMILES string of the molecule is NC(c1ccc2c(c1)CCC2)c1ccncc1F. The van der Waals surface area contributed by atoms with E-state index in [2.05, 4.69) is 17.1 Å². The molecule has 2 N–H and O–H groups in total. The molecule has 0 fully saturated rings. The van der Waals surface area contributed by atoms with E-state index in [-0.39, 0.29) is 5.82 Å². The Labute approximate surface area is 106 Å². The number of hydrogen-bond acceptors (Lipinski definition) is 2. The number of rotatable bonds is 2. The summed E-state index contributed by atoms with van der Waals surface area (Å²) in [6.07, 6.45) is 6.25. The molecule has 0 aliphatic heterocycles. The van der Waals surface area contributed by atoms with Crippen LogP contribution >= 0.6 is 0 Å². The Morgan fingerprint density at radius 2 is 2.00 bits per heavy atom. The van der Waals surface area contributed by atoms with Gasteiger partial charge in [-0.2, -0.15) is 0 Å². The molecule has 1 unspecified atom stereocenters. The van der Waals surface area contributed by atoms with Crippen molar-refractivity contribution in [2.75, 3.05) is 0 Å². The molecular formula is C15H15FN2. The van der Waals surface area contributed by atoms with Crippen molar-refractivity contribution in [1.82, 2.24) is 4.98 Å². The minimum atomic E-state index is -0.418. The molecule has 18 heavy (non-hydrogen) atoms. The second kappa shape index (κ2) is 4.50. The second-order valence-corrected chi connectivity index (χ2v) is 4.76. The fourth-order valence-corrected chi connectivity index (χ4v) is 2.60. The number of nitrogens with zero attached hydrogens (tertiary/aromatic N) is 1. The zero-order valence-electron chi connectivity index (χ0n) is 10.1. The maximum Gasteiger partial charge on any atom is 0.146 e. The standard InChI is InChI=1S/C15H15FN2/c16-14-9-18-7-6-13(14)15(17)12-5-4-10-2-1-3-11(10)8-12/h4-9,15H,1-3,17H2. The lowest BCUT2D eigenvalue weighted by molar-refractivity contribution is 0.593. The fourth-order valence-electron chi connectivity index (χ4n) is 2.60. The summed E-state index contributed by atoms with van der Waals surface area (Å²) in [6.45, 7) is 0. The lowest BCUT2D eigenvalue weighted by Gasteiger charge is -2.14. The third kappa shape index (κ3) is 1.91. The number of benzene rings is 1. The molecule has 2 nitrogen and oxygen atoms in total. The molecule has 1 aromatic carbocycles. The van der Waals surface area contributed by atoms with Gasteiger partial charge in [-0.1, -0.05) is 18.2 Å². The van der Waals surface area contributed by atoms with Crippen LogP contribution in [0.2, 0.25) is 0 Å². The van der Waals surface area contributed by atoms with Crippen LogP contribution in [0, 0.1) is 5.82 Å². The minimum Gasteiger partial charge on any atom is -0.320 e. The summed E-state index contributed by atoms with van der Waals surface area (Å²) in [7, 11) is 0. The predicted molar refractivity (Wildman–Crippen MR) is 68.7 cm³/mol. The number of fused-ring (bicyclic) bond motifs is 1. The third-order valence-electron chi connectivity index (χ3n) is 3.62. The van der Waals surface area contributed by atoms with Gasteiger partial charge >= 0.3 is 0 Å². The molecule has 92 valence electrons. The molecule has 0 spiro atoms. The lowest BCUT2D eigenvalue weighted by atomic mass is 9.97. The van der Waals surface area contributed by atoms with Crippen LogP contribution in [0.5, 0.6) is 0 Å². The van der Waals surface area contributed by atoms with E-state index in [1.54, 1.807) is 12.3 Å². The number of pyridine rings is 1. The molecule has 0 bridgehead atoms. The predicted octanol–water partition coefficient (Wildman–Crippen LogP) is 2.76. The van der Waals surface area contributed by atoms with E-state index in [1.165, 1.54) is 23.7 Å². The van der Waals surface area contributed by atoms with E-state index in [4.69, 9.17) is 5.73 Å². The van der Waals surface area contributed by atoms with Crippen molar-refractivity contribution in [1.29, 1.82) is 0 Å². The largest absolute Gasteiger partial charge is 0.320 e. The average molecular weight is 242 g/mol. The molecule has 0 amide bonds. The van der Waals surface area contributed by atoms with Gasteiger partial charge in [-0.05, 0) is 42.0 Å². The Balaban J connectivity index is 1.98. The number of aromatic nitrogens is 1. The zero-order valence-corrected chi connectivity index (χ0v) is 10.1. The van der Waals surface area contributed by atoms with Crippen LogP contribution in [0.4, 0.5) is 4.39 Å². The Morgan fingerprint density at radius 1 is 1.17 bits per heavy atom. The number of nitrogens with two attached hydrogens (primary N) is 1. The highest BCUT2D eigenvalue weighted by molar-refractivity contribution is 5.39. The van der Waals surface area contributed by atoms with E-state index in [0.29, 0.717) is 5.56 Å². The van der Waals surface area contributed by atoms with Crippen molar-refractivity contribution in [3.63, 3.8) is 0 Å². The maximum absolute atomic E-state index is 13.7. The van der Waals surface area contributed by atoms with E-state index in [0.717, 1.165) is 18.4 Å². The summed E-state index contributed by atoms with van der Waals surface area (Å²) in [5, 5.41) is 0. The van der Waals surface area contributed by atoms with Crippen LogP contribution in [0.3, 0.4) is 0 Å². The van der Waals surface area contributed by atoms with E-state index in [1.807, 2.05) is 6.07 Å². The Bertz CT molecular complexity index is 580. The summed E-state index contributed by atoms with van der Waals surface area (Å²) in [6, 6.07) is 7.48. The molecule has 3 rings (SSSR count). The molecule has 1 aliphatic carbocycles. The van der Waals surface area contributed by atoms with Crippen molar-refractivity contribution in [3.8, 4) is 0 Å². The summed E-state index contributed by atoms with van der Waals surface area (Å²) in [5.74, 6) is -0.342. The lowest BCUT2D eigenvalue weighted by Crippen LogP contribution is -2.14.